The highest BCUT2D eigenvalue weighted by atomic mass is 35.5. The topological polar surface area (TPSA) is 116 Å². The van der Waals surface area contributed by atoms with E-state index in [0.29, 0.717) is 5.02 Å². The molecule has 3 N–H and O–H groups in total. The number of amides is 2. The summed E-state index contributed by atoms with van der Waals surface area (Å²) < 4.78 is 33.6. The zero-order valence-electron chi connectivity index (χ0n) is 15.8. The molecule has 0 aliphatic carbocycles. The molecule has 4 heterocycles. The average Bonchev–Trinajstić information content (AvgIpc) is 3.46. The summed E-state index contributed by atoms with van der Waals surface area (Å²) in [7, 11) is 0. The minimum Gasteiger partial charge on any atom is -0.464 e. The lowest BCUT2D eigenvalue weighted by atomic mass is 10.1. The van der Waals surface area contributed by atoms with Crippen molar-refractivity contribution in [3.8, 4) is 11.3 Å². The van der Waals surface area contributed by atoms with E-state index in [0.717, 1.165) is 17.4 Å². The molecule has 1 unspecified atom stereocenters. The van der Waals surface area contributed by atoms with E-state index in [-0.39, 0.29) is 32.1 Å². The van der Waals surface area contributed by atoms with Crippen LogP contribution in [0.15, 0.2) is 41.3 Å². The first-order valence-electron chi connectivity index (χ1n) is 8.86. The van der Waals surface area contributed by atoms with Gasteiger partial charge in [0.25, 0.3) is 12.3 Å². The number of hydrogen-bond acceptors (Lipinski definition) is 6. The Morgan fingerprint density at radius 1 is 1.39 bits per heavy atom. The molecule has 4 aromatic rings. The molecule has 0 aliphatic rings. The summed E-state index contributed by atoms with van der Waals surface area (Å²) in [5, 5.41) is 7.29. The number of furan rings is 1. The minimum atomic E-state index is -2.85. The van der Waals surface area contributed by atoms with Gasteiger partial charge in [0.05, 0.1) is 23.2 Å². The fraction of sp³-hybridized carbons (Fsp3) is 0.158. The van der Waals surface area contributed by atoms with Crippen LogP contribution in [0.2, 0.25) is 5.02 Å². The molecule has 0 bridgehead atoms. The van der Waals surface area contributed by atoms with Crippen molar-refractivity contribution in [1.29, 1.82) is 0 Å². The molecule has 0 aliphatic heterocycles. The molecule has 0 radical (unpaired) electrons. The summed E-state index contributed by atoms with van der Waals surface area (Å²) in [5.74, 6) is -1.09. The third kappa shape index (κ3) is 3.89. The van der Waals surface area contributed by atoms with Crippen LogP contribution in [0.4, 0.5) is 14.5 Å². The summed E-state index contributed by atoms with van der Waals surface area (Å²) in [6.07, 6.45) is 1.38. The Bertz CT molecular complexity index is 1290. The van der Waals surface area contributed by atoms with Crippen molar-refractivity contribution in [3.63, 3.8) is 0 Å². The smallest absolute Gasteiger partial charge is 0.280 e. The van der Waals surface area contributed by atoms with Gasteiger partial charge >= 0.3 is 0 Å². The number of primary amides is 1. The Balaban J connectivity index is 1.88. The normalized spacial score (nSPS) is 12.4. The highest BCUT2D eigenvalue weighted by molar-refractivity contribution is 7.21. The largest absolute Gasteiger partial charge is 0.464 e. The van der Waals surface area contributed by atoms with Crippen LogP contribution in [0.3, 0.4) is 0 Å². The standard InChI is InChI=1S/C19H14ClF2N5O3S/c1-8(27-7-9(20)6-24-27)18(29)26-14-13-10(12-3-2-4-30-12)5-11(16(21)22)25-19(13)31-15(14)17(23)28/h2-8,16H,1H3,(H2,23,28)(H,26,29). The molecule has 31 heavy (non-hydrogen) atoms. The van der Waals surface area contributed by atoms with E-state index in [2.05, 4.69) is 15.4 Å². The second-order valence-corrected chi connectivity index (χ2v) is 7.96. The summed E-state index contributed by atoms with van der Waals surface area (Å²) in [4.78, 5) is 29.0. The number of nitrogens with one attached hydrogen (secondary N) is 1. The van der Waals surface area contributed by atoms with Crippen LogP contribution in [0, 0.1) is 0 Å². The van der Waals surface area contributed by atoms with Crippen LogP contribution in [0.1, 0.15) is 34.8 Å². The van der Waals surface area contributed by atoms with E-state index in [1.807, 2.05) is 0 Å². The molecule has 4 rings (SSSR count). The number of alkyl halides is 2. The number of aromatic nitrogens is 3. The van der Waals surface area contributed by atoms with Crippen molar-refractivity contribution >= 4 is 50.7 Å². The lowest BCUT2D eigenvalue weighted by molar-refractivity contribution is -0.119. The van der Waals surface area contributed by atoms with Crippen molar-refractivity contribution in [1.82, 2.24) is 14.8 Å². The highest BCUT2D eigenvalue weighted by Crippen LogP contribution is 2.42. The number of fused-ring (bicyclic) bond motifs is 1. The SMILES string of the molecule is CC(C(=O)Nc1c(C(N)=O)sc2nc(C(F)F)cc(-c3ccco3)c12)n1cc(Cl)cn1. The van der Waals surface area contributed by atoms with Gasteiger partial charge in [-0.3, -0.25) is 14.3 Å². The lowest BCUT2D eigenvalue weighted by Crippen LogP contribution is -2.25. The highest BCUT2D eigenvalue weighted by Gasteiger charge is 2.27. The maximum absolute atomic E-state index is 13.4. The quantitative estimate of drug-likeness (QED) is 0.430. The number of nitrogens with two attached hydrogens (primary N) is 1. The number of carbonyl (C=O) groups excluding carboxylic acids is 2. The van der Waals surface area contributed by atoms with Crippen molar-refractivity contribution < 1.29 is 22.8 Å². The van der Waals surface area contributed by atoms with E-state index in [9.17, 15) is 18.4 Å². The zero-order valence-corrected chi connectivity index (χ0v) is 17.4. The zero-order chi connectivity index (χ0) is 22.3. The number of anilines is 1. The molecule has 160 valence electrons. The number of thiophene rings is 1. The maximum atomic E-state index is 13.4. The van der Waals surface area contributed by atoms with Crippen molar-refractivity contribution in [2.24, 2.45) is 5.73 Å². The molecular weight excluding hydrogens is 452 g/mol. The predicted octanol–water partition coefficient (Wildman–Crippen LogP) is 4.64. The molecule has 12 heteroatoms. The number of hydrogen-bond donors (Lipinski definition) is 2. The van der Waals surface area contributed by atoms with Gasteiger partial charge in [-0.15, -0.1) is 11.3 Å². The molecule has 0 aromatic carbocycles. The monoisotopic (exact) mass is 465 g/mol. The molecule has 1 atom stereocenters. The Labute approximate surface area is 182 Å². The molecule has 0 spiro atoms. The van der Waals surface area contributed by atoms with Gasteiger partial charge in [-0.05, 0) is 25.1 Å². The lowest BCUT2D eigenvalue weighted by Gasteiger charge is -2.14. The maximum Gasteiger partial charge on any atom is 0.280 e. The molecule has 0 saturated carbocycles. The molecule has 8 nitrogen and oxygen atoms in total. The first kappa shape index (κ1) is 20.9. The van der Waals surface area contributed by atoms with E-state index < -0.39 is 30.0 Å². The Morgan fingerprint density at radius 2 is 2.16 bits per heavy atom. The van der Waals surface area contributed by atoms with Gasteiger partial charge in [-0.2, -0.15) is 5.10 Å². The van der Waals surface area contributed by atoms with Gasteiger partial charge in [0.1, 0.15) is 27.2 Å². The average molecular weight is 466 g/mol. The van der Waals surface area contributed by atoms with E-state index >= 15 is 0 Å². The van der Waals surface area contributed by atoms with Crippen molar-refractivity contribution in [3.05, 3.63) is 52.4 Å². The van der Waals surface area contributed by atoms with Gasteiger partial charge in [-0.25, -0.2) is 13.8 Å². The van der Waals surface area contributed by atoms with Gasteiger partial charge < -0.3 is 15.5 Å². The van der Waals surface area contributed by atoms with E-state index in [1.165, 1.54) is 23.3 Å². The van der Waals surface area contributed by atoms with Crippen LogP contribution in [-0.4, -0.2) is 26.6 Å². The molecular formula is C19H14ClF2N5O3S. The number of carbonyl (C=O) groups is 2. The number of halogens is 3. The first-order chi connectivity index (χ1) is 14.8. The number of nitrogens with zero attached hydrogens (tertiary/aromatic N) is 3. The van der Waals surface area contributed by atoms with Crippen LogP contribution >= 0.6 is 22.9 Å². The second kappa shape index (κ2) is 8.08. The van der Waals surface area contributed by atoms with E-state index in [1.54, 1.807) is 19.1 Å². The number of pyridine rings is 1. The Morgan fingerprint density at radius 3 is 2.74 bits per heavy atom. The van der Waals surface area contributed by atoms with Gasteiger partial charge in [0.15, 0.2) is 0 Å². The van der Waals surface area contributed by atoms with Gasteiger partial charge in [0, 0.05) is 17.1 Å². The second-order valence-electron chi connectivity index (χ2n) is 6.53. The summed E-state index contributed by atoms with van der Waals surface area (Å²) in [6, 6.07) is 3.54. The van der Waals surface area contributed by atoms with Gasteiger partial charge in [0.2, 0.25) is 5.91 Å². The van der Waals surface area contributed by atoms with Crippen LogP contribution in [-0.2, 0) is 4.79 Å². The minimum absolute atomic E-state index is 0.0271. The third-order valence-electron chi connectivity index (χ3n) is 4.51. The van der Waals surface area contributed by atoms with Crippen molar-refractivity contribution in [2.75, 3.05) is 5.32 Å². The van der Waals surface area contributed by atoms with Gasteiger partial charge in [-0.1, -0.05) is 11.6 Å². The fourth-order valence-electron chi connectivity index (χ4n) is 3.02. The third-order valence-corrected chi connectivity index (χ3v) is 5.80. The Kier molecular flexibility index (Phi) is 5.46. The number of rotatable bonds is 6. The van der Waals surface area contributed by atoms with Crippen LogP contribution in [0.5, 0.6) is 0 Å². The van der Waals surface area contributed by atoms with E-state index in [4.69, 9.17) is 21.8 Å². The summed E-state index contributed by atoms with van der Waals surface area (Å²) in [6.45, 7) is 1.58. The fourth-order valence-corrected chi connectivity index (χ4v) is 4.18. The summed E-state index contributed by atoms with van der Waals surface area (Å²) >= 11 is 6.67. The Hall–Kier alpha value is -3.31. The van der Waals surface area contributed by atoms with Crippen LogP contribution in [0.25, 0.3) is 21.5 Å². The predicted molar refractivity (Wildman–Crippen MR) is 111 cm³/mol. The van der Waals surface area contributed by atoms with Crippen molar-refractivity contribution in [2.45, 2.75) is 19.4 Å². The molecule has 2 amide bonds. The molecule has 0 saturated heterocycles. The summed E-state index contributed by atoms with van der Waals surface area (Å²) in [5.41, 5.74) is 5.33. The molecule has 0 fully saturated rings. The molecule has 4 aromatic heterocycles. The van der Waals surface area contributed by atoms with Crippen LogP contribution < -0.4 is 11.1 Å². The first-order valence-corrected chi connectivity index (χ1v) is 10.1.